The summed E-state index contributed by atoms with van der Waals surface area (Å²) in [4.78, 5) is 4.16. The van der Waals surface area contributed by atoms with Gasteiger partial charge in [0.25, 0.3) is 0 Å². The summed E-state index contributed by atoms with van der Waals surface area (Å²) in [6, 6.07) is 0. The molecule has 90 valence electrons. The Morgan fingerprint density at radius 1 is 1.44 bits per heavy atom. The number of hydrogen-bond donors (Lipinski definition) is 1. The van der Waals surface area contributed by atoms with Gasteiger partial charge in [0.15, 0.2) is 0 Å². The van der Waals surface area contributed by atoms with E-state index in [4.69, 9.17) is 0 Å². The highest BCUT2D eigenvalue weighted by molar-refractivity contribution is 5.43. The van der Waals surface area contributed by atoms with Crippen molar-refractivity contribution in [1.29, 1.82) is 0 Å². The van der Waals surface area contributed by atoms with Crippen LogP contribution in [0.3, 0.4) is 0 Å². The van der Waals surface area contributed by atoms with Crippen LogP contribution in [0.4, 0.5) is 0 Å². The molecule has 16 heavy (non-hydrogen) atoms. The minimum atomic E-state index is 0.175. The second kappa shape index (κ2) is 5.85. The minimum Gasteiger partial charge on any atom is -0.331 e. The van der Waals surface area contributed by atoms with Gasteiger partial charge in [-0.2, -0.15) is 0 Å². The van der Waals surface area contributed by atoms with Crippen LogP contribution in [0, 0.1) is 0 Å². The monoisotopic (exact) mass is 221 g/mol. The average molecular weight is 221 g/mol. The standard InChI is InChI=1S/C13H23N3/c1-5-9-16-11-14-10-12(16)7-6-8-15-13(2,3)4/h6-7,10-11,15H,5,8-9H2,1-4H3. The van der Waals surface area contributed by atoms with E-state index in [0.717, 1.165) is 19.5 Å². The zero-order valence-corrected chi connectivity index (χ0v) is 10.8. The molecule has 3 heteroatoms. The van der Waals surface area contributed by atoms with Gasteiger partial charge in [0, 0.05) is 18.6 Å². The van der Waals surface area contributed by atoms with E-state index < -0.39 is 0 Å². The Morgan fingerprint density at radius 2 is 2.19 bits per heavy atom. The summed E-state index contributed by atoms with van der Waals surface area (Å²) in [6.45, 7) is 10.6. The smallest absolute Gasteiger partial charge is 0.0950 e. The minimum absolute atomic E-state index is 0.175. The Balaban J connectivity index is 2.46. The van der Waals surface area contributed by atoms with Crippen molar-refractivity contribution in [2.45, 2.75) is 46.2 Å². The summed E-state index contributed by atoms with van der Waals surface area (Å²) in [7, 11) is 0. The topological polar surface area (TPSA) is 29.9 Å². The molecule has 1 aromatic heterocycles. The predicted molar refractivity (Wildman–Crippen MR) is 69.3 cm³/mol. The van der Waals surface area contributed by atoms with E-state index in [1.165, 1.54) is 5.69 Å². The molecule has 1 N–H and O–H groups in total. The van der Waals surface area contributed by atoms with E-state index in [2.05, 4.69) is 54.7 Å². The number of rotatable bonds is 5. The fraction of sp³-hybridized carbons (Fsp3) is 0.615. The van der Waals surface area contributed by atoms with Gasteiger partial charge in [-0.25, -0.2) is 4.98 Å². The molecule has 0 spiro atoms. The van der Waals surface area contributed by atoms with E-state index >= 15 is 0 Å². The molecule has 0 radical (unpaired) electrons. The maximum atomic E-state index is 4.16. The van der Waals surface area contributed by atoms with E-state index in [1.807, 2.05) is 12.5 Å². The van der Waals surface area contributed by atoms with Crippen molar-refractivity contribution in [2.24, 2.45) is 0 Å². The summed E-state index contributed by atoms with van der Waals surface area (Å²) in [5.41, 5.74) is 1.35. The predicted octanol–water partition coefficient (Wildman–Crippen LogP) is 2.69. The van der Waals surface area contributed by atoms with Crippen molar-refractivity contribution in [3.63, 3.8) is 0 Å². The third-order valence-corrected chi connectivity index (χ3v) is 2.25. The molecule has 1 heterocycles. The van der Waals surface area contributed by atoms with Crippen molar-refractivity contribution < 1.29 is 0 Å². The zero-order valence-electron chi connectivity index (χ0n) is 10.8. The lowest BCUT2D eigenvalue weighted by atomic mass is 10.1. The van der Waals surface area contributed by atoms with Gasteiger partial charge < -0.3 is 9.88 Å². The van der Waals surface area contributed by atoms with Crippen molar-refractivity contribution >= 4 is 6.08 Å². The third-order valence-electron chi connectivity index (χ3n) is 2.25. The molecule has 0 saturated carbocycles. The molecule has 0 amide bonds. The Kier molecular flexibility index (Phi) is 4.74. The van der Waals surface area contributed by atoms with Crippen LogP contribution in [0.5, 0.6) is 0 Å². The number of aryl methyl sites for hydroxylation is 1. The van der Waals surface area contributed by atoms with E-state index in [9.17, 15) is 0 Å². The lowest BCUT2D eigenvalue weighted by molar-refractivity contribution is 0.450. The van der Waals surface area contributed by atoms with Gasteiger partial charge in [0.1, 0.15) is 0 Å². The number of nitrogens with one attached hydrogen (secondary N) is 1. The second-order valence-electron chi connectivity index (χ2n) is 5.05. The van der Waals surface area contributed by atoms with E-state index in [1.54, 1.807) is 0 Å². The van der Waals surface area contributed by atoms with Gasteiger partial charge in [-0.15, -0.1) is 0 Å². The Hall–Kier alpha value is -1.09. The van der Waals surface area contributed by atoms with Gasteiger partial charge in [0.05, 0.1) is 18.2 Å². The summed E-state index contributed by atoms with van der Waals surface area (Å²) in [5.74, 6) is 0. The number of nitrogens with zero attached hydrogens (tertiary/aromatic N) is 2. The molecule has 0 fully saturated rings. The number of hydrogen-bond acceptors (Lipinski definition) is 2. The highest BCUT2D eigenvalue weighted by Crippen LogP contribution is 2.03. The second-order valence-corrected chi connectivity index (χ2v) is 5.05. The Bertz CT molecular complexity index is 331. The van der Waals surface area contributed by atoms with Gasteiger partial charge in [-0.1, -0.05) is 13.0 Å². The lowest BCUT2D eigenvalue weighted by Crippen LogP contribution is -2.35. The molecule has 0 aliphatic heterocycles. The largest absolute Gasteiger partial charge is 0.331 e. The van der Waals surface area contributed by atoms with Crippen LogP contribution in [0.1, 0.15) is 39.8 Å². The summed E-state index contributed by atoms with van der Waals surface area (Å²) in [5, 5.41) is 3.42. The fourth-order valence-corrected chi connectivity index (χ4v) is 1.44. The molecular formula is C13H23N3. The maximum Gasteiger partial charge on any atom is 0.0950 e. The molecule has 3 nitrogen and oxygen atoms in total. The summed E-state index contributed by atoms with van der Waals surface area (Å²) >= 11 is 0. The quantitative estimate of drug-likeness (QED) is 0.828. The first-order valence-corrected chi connectivity index (χ1v) is 5.94. The van der Waals surface area contributed by atoms with Crippen LogP contribution in [-0.4, -0.2) is 21.6 Å². The first-order chi connectivity index (χ1) is 7.53. The average Bonchev–Trinajstić information content (AvgIpc) is 2.60. The summed E-state index contributed by atoms with van der Waals surface area (Å²) in [6.07, 6.45) is 9.21. The zero-order chi connectivity index (χ0) is 12.0. The molecule has 0 atom stereocenters. The summed E-state index contributed by atoms with van der Waals surface area (Å²) < 4.78 is 2.17. The number of imidazole rings is 1. The van der Waals surface area contributed by atoms with Gasteiger partial charge >= 0.3 is 0 Å². The van der Waals surface area contributed by atoms with Crippen LogP contribution in [-0.2, 0) is 6.54 Å². The third kappa shape index (κ3) is 4.62. The van der Waals surface area contributed by atoms with E-state index in [-0.39, 0.29) is 5.54 Å². The molecule has 1 aromatic rings. The van der Waals surface area contributed by atoms with Gasteiger partial charge in [-0.05, 0) is 33.3 Å². The van der Waals surface area contributed by atoms with Crippen LogP contribution >= 0.6 is 0 Å². The normalized spacial score (nSPS) is 12.5. The molecule has 0 bridgehead atoms. The maximum absolute atomic E-state index is 4.16. The van der Waals surface area contributed by atoms with Crippen molar-refractivity contribution in [1.82, 2.24) is 14.9 Å². The molecule has 1 rings (SSSR count). The van der Waals surface area contributed by atoms with Crippen LogP contribution in [0.25, 0.3) is 6.08 Å². The molecule has 0 unspecified atom stereocenters. The molecule has 0 aliphatic carbocycles. The first kappa shape index (κ1) is 13.0. The lowest BCUT2D eigenvalue weighted by Gasteiger charge is -2.18. The van der Waals surface area contributed by atoms with Crippen LogP contribution < -0.4 is 5.32 Å². The van der Waals surface area contributed by atoms with Crippen molar-refractivity contribution in [3.05, 3.63) is 24.3 Å². The van der Waals surface area contributed by atoms with Crippen molar-refractivity contribution in [3.8, 4) is 0 Å². The number of aromatic nitrogens is 2. The molecule has 0 saturated heterocycles. The Morgan fingerprint density at radius 3 is 2.81 bits per heavy atom. The highest BCUT2D eigenvalue weighted by atomic mass is 15.0. The highest BCUT2D eigenvalue weighted by Gasteiger charge is 2.05. The van der Waals surface area contributed by atoms with Gasteiger partial charge in [0.2, 0.25) is 0 Å². The van der Waals surface area contributed by atoms with Gasteiger partial charge in [-0.3, -0.25) is 0 Å². The fourth-order valence-electron chi connectivity index (χ4n) is 1.44. The molecular weight excluding hydrogens is 198 g/mol. The first-order valence-electron chi connectivity index (χ1n) is 5.94. The molecule has 0 aliphatic rings. The van der Waals surface area contributed by atoms with Crippen LogP contribution in [0.15, 0.2) is 18.6 Å². The Labute approximate surface area is 98.6 Å². The SMILES string of the molecule is CCCn1cncc1C=CCNC(C)(C)C. The van der Waals surface area contributed by atoms with Crippen molar-refractivity contribution in [2.75, 3.05) is 6.54 Å². The van der Waals surface area contributed by atoms with E-state index in [0.29, 0.717) is 0 Å². The van der Waals surface area contributed by atoms with Crippen LogP contribution in [0.2, 0.25) is 0 Å². The molecule has 0 aromatic carbocycles.